The van der Waals surface area contributed by atoms with Crippen LogP contribution in [0.3, 0.4) is 0 Å². The number of para-hydroxylation sites is 1. The third-order valence-corrected chi connectivity index (χ3v) is 5.90. The molecule has 6 heteroatoms. The summed E-state index contributed by atoms with van der Waals surface area (Å²) in [4.78, 5) is 17.0. The Morgan fingerprint density at radius 2 is 1.79 bits per heavy atom. The van der Waals surface area contributed by atoms with Gasteiger partial charge in [-0.1, -0.05) is 60.1 Å². The number of nitrogens with zero attached hydrogens (tertiary/aromatic N) is 1. The van der Waals surface area contributed by atoms with Crippen molar-refractivity contribution in [1.82, 2.24) is 4.98 Å². The molecule has 168 valence electrons. The average Bonchev–Trinajstić information content (AvgIpc) is 2.86. The van der Waals surface area contributed by atoms with Crippen LogP contribution in [0.2, 0.25) is 5.02 Å². The maximum atomic E-state index is 12.2. The Hall–Kier alpha value is -4.09. The van der Waals surface area contributed by atoms with Crippen LogP contribution in [0.25, 0.3) is 32.9 Å². The Balaban J connectivity index is 1.67. The molecule has 34 heavy (non-hydrogen) atoms. The van der Waals surface area contributed by atoms with E-state index in [1.54, 1.807) is 19.2 Å². The van der Waals surface area contributed by atoms with Gasteiger partial charge in [0, 0.05) is 21.5 Å². The lowest BCUT2D eigenvalue weighted by atomic mass is 9.98. The van der Waals surface area contributed by atoms with Crippen LogP contribution in [0.1, 0.15) is 15.9 Å². The van der Waals surface area contributed by atoms with E-state index in [-0.39, 0.29) is 12.2 Å². The minimum absolute atomic E-state index is 0.0698. The number of aromatic nitrogens is 1. The number of fused-ring (bicyclic) bond motifs is 3. The van der Waals surface area contributed by atoms with Gasteiger partial charge in [0.05, 0.1) is 24.3 Å². The molecule has 0 unspecified atom stereocenters. The first-order chi connectivity index (χ1) is 16.5. The number of hydrogen-bond donors (Lipinski definition) is 0. The van der Waals surface area contributed by atoms with Crippen molar-refractivity contribution < 1.29 is 19.4 Å². The Morgan fingerprint density at radius 3 is 2.59 bits per heavy atom. The largest absolute Gasteiger partial charge is 0.545 e. The van der Waals surface area contributed by atoms with Gasteiger partial charge in [0.1, 0.15) is 6.61 Å². The first kappa shape index (κ1) is 21.7. The predicted octanol–water partition coefficient (Wildman–Crippen LogP) is 5.66. The number of methoxy groups -OCH3 is 1. The zero-order valence-electron chi connectivity index (χ0n) is 18.2. The van der Waals surface area contributed by atoms with Crippen molar-refractivity contribution in [3.63, 3.8) is 0 Å². The summed E-state index contributed by atoms with van der Waals surface area (Å²) in [6.45, 7) is 0.249. The molecule has 5 rings (SSSR count). The molecule has 0 N–H and O–H groups in total. The number of hydrogen-bond acceptors (Lipinski definition) is 5. The lowest BCUT2D eigenvalue weighted by Gasteiger charge is -2.17. The number of aromatic carboxylic acids is 1. The summed E-state index contributed by atoms with van der Waals surface area (Å²) >= 11 is 6.10. The van der Waals surface area contributed by atoms with E-state index in [0.717, 1.165) is 16.3 Å². The van der Waals surface area contributed by atoms with Crippen LogP contribution in [-0.4, -0.2) is 18.1 Å². The molecule has 0 spiro atoms. The predicted molar refractivity (Wildman–Crippen MR) is 131 cm³/mol. The van der Waals surface area contributed by atoms with Crippen LogP contribution in [0.4, 0.5) is 0 Å². The normalized spacial score (nSPS) is 11.0. The van der Waals surface area contributed by atoms with E-state index in [9.17, 15) is 9.90 Å². The van der Waals surface area contributed by atoms with Crippen molar-refractivity contribution in [3.8, 4) is 22.8 Å². The van der Waals surface area contributed by atoms with Crippen LogP contribution < -0.4 is 14.6 Å². The van der Waals surface area contributed by atoms with Gasteiger partial charge in [-0.25, -0.2) is 4.98 Å². The van der Waals surface area contributed by atoms with E-state index in [1.165, 1.54) is 6.07 Å². The molecule has 0 saturated carbocycles. The van der Waals surface area contributed by atoms with E-state index in [0.29, 0.717) is 38.7 Å². The highest BCUT2D eigenvalue weighted by Gasteiger charge is 2.17. The molecular weight excluding hydrogens is 450 g/mol. The maximum Gasteiger partial charge on any atom is 0.171 e. The number of ether oxygens (including phenoxy) is 2. The zero-order chi connectivity index (χ0) is 23.7. The van der Waals surface area contributed by atoms with Gasteiger partial charge in [-0.3, -0.25) is 0 Å². The van der Waals surface area contributed by atoms with E-state index in [4.69, 9.17) is 26.1 Å². The minimum atomic E-state index is -1.27. The van der Waals surface area contributed by atoms with Crippen LogP contribution in [0, 0.1) is 0 Å². The highest BCUT2D eigenvalue weighted by Crippen LogP contribution is 2.40. The van der Waals surface area contributed by atoms with E-state index in [1.807, 2.05) is 66.7 Å². The molecule has 0 aliphatic carbocycles. The van der Waals surface area contributed by atoms with Gasteiger partial charge in [0.2, 0.25) is 0 Å². The Labute approximate surface area is 201 Å². The molecule has 0 saturated heterocycles. The first-order valence-corrected chi connectivity index (χ1v) is 11.0. The number of carboxylic acid groups (broad SMARTS) is 1. The second-order valence-corrected chi connectivity index (χ2v) is 8.22. The van der Waals surface area contributed by atoms with Crippen molar-refractivity contribution in [2.24, 2.45) is 0 Å². The molecule has 1 aromatic heterocycles. The standard InChI is InChI=1S/C28H20ClNO4/c1-33-25-11-5-10-21(27(25)34-16-17-6-4-8-19(29)14-17)24-15-22(28(31)32)26-20-9-3-2-7-18(20)12-13-23(26)30-24/h2-15H,16H2,1H3,(H,31,32)/p-1. The summed E-state index contributed by atoms with van der Waals surface area (Å²) in [5.41, 5.74) is 2.57. The fourth-order valence-corrected chi connectivity index (χ4v) is 4.33. The van der Waals surface area contributed by atoms with Crippen molar-refractivity contribution in [2.75, 3.05) is 7.11 Å². The summed E-state index contributed by atoms with van der Waals surface area (Å²) in [5.74, 6) is -0.300. The Kier molecular flexibility index (Phi) is 5.78. The number of benzene rings is 4. The number of rotatable bonds is 6. The SMILES string of the molecule is COc1cccc(-c2cc(C(=O)[O-])c3c(ccc4ccccc43)n2)c1OCc1cccc(Cl)c1. The van der Waals surface area contributed by atoms with Gasteiger partial charge in [0.25, 0.3) is 0 Å². The van der Waals surface area contributed by atoms with Crippen molar-refractivity contribution in [1.29, 1.82) is 0 Å². The van der Waals surface area contributed by atoms with Crippen molar-refractivity contribution >= 4 is 39.2 Å². The number of pyridine rings is 1. The summed E-state index contributed by atoms with van der Waals surface area (Å²) in [7, 11) is 1.55. The quantitative estimate of drug-likeness (QED) is 0.301. The number of carbonyl (C=O) groups excluding carboxylic acids is 1. The third kappa shape index (κ3) is 4.02. The van der Waals surface area contributed by atoms with Crippen LogP contribution >= 0.6 is 11.6 Å². The molecular formula is C28H19ClNO4-. The minimum Gasteiger partial charge on any atom is -0.545 e. The highest BCUT2D eigenvalue weighted by molar-refractivity contribution is 6.30. The molecule has 0 atom stereocenters. The fraction of sp³-hybridized carbons (Fsp3) is 0.0714. The lowest BCUT2D eigenvalue weighted by molar-refractivity contribution is -0.254. The molecule has 0 bridgehead atoms. The molecule has 0 radical (unpaired) electrons. The average molecular weight is 469 g/mol. The van der Waals surface area contributed by atoms with Gasteiger partial charge in [0.15, 0.2) is 11.5 Å². The number of carbonyl (C=O) groups is 1. The summed E-state index contributed by atoms with van der Waals surface area (Å²) in [6.07, 6.45) is 0. The topological polar surface area (TPSA) is 71.5 Å². The van der Waals surface area contributed by atoms with Gasteiger partial charge in [-0.2, -0.15) is 0 Å². The second-order valence-electron chi connectivity index (χ2n) is 7.78. The molecule has 0 amide bonds. The molecule has 0 aliphatic rings. The molecule has 1 heterocycles. The Morgan fingerprint density at radius 1 is 0.971 bits per heavy atom. The molecule has 4 aromatic carbocycles. The molecule has 5 nitrogen and oxygen atoms in total. The second kappa shape index (κ2) is 9.04. The van der Waals surface area contributed by atoms with Crippen LogP contribution in [0.15, 0.2) is 84.9 Å². The van der Waals surface area contributed by atoms with E-state index >= 15 is 0 Å². The van der Waals surface area contributed by atoms with E-state index < -0.39 is 5.97 Å². The summed E-state index contributed by atoms with van der Waals surface area (Å²) in [5, 5.41) is 15.1. The lowest BCUT2D eigenvalue weighted by Crippen LogP contribution is -2.23. The Bertz CT molecular complexity index is 1550. The highest BCUT2D eigenvalue weighted by atomic mass is 35.5. The van der Waals surface area contributed by atoms with Gasteiger partial charge in [-0.05, 0) is 52.7 Å². The number of carboxylic acids is 1. The zero-order valence-corrected chi connectivity index (χ0v) is 19.0. The molecule has 0 aliphatic heterocycles. The van der Waals surface area contributed by atoms with Crippen molar-refractivity contribution in [2.45, 2.75) is 6.61 Å². The van der Waals surface area contributed by atoms with Gasteiger partial charge in [-0.15, -0.1) is 0 Å². The molecule has 5 aromatic rings. The fourth-order valence-electron chi connectivity index (χ4n) is 4.12. The smallest absolute Gasteiger partial charge is 0.171 e. The number of halogens is 1. The third-order valence-electron chi connectivity index (χ3n) is 5.67. The van der Waals surface area contributed by atoms with E-state index in [2.05, 4.69) is 0 Å². The monoisotopic (exact) mass is 468 g/mol. The summed E-state index contributed by atoms with van der Waals surface area (Å²) in [6, 6.07) is 25.7. The molecule has 0 fully saturated rings. The van der Waals surface area contributed by atoms with Crippen molar-refractivity contribution in [3.05, 3.63) is 101 Å². The van der Waals surface area contributed by atoms with Crippen LogP contribution in [0.5, 0.6) is 11.5 Å². The summed E-state index contributed by atoms with van der Waals surface area (Å²) < 4.78 is 11.7. The van der Waals surface area contributed by atoms with Crippen LogP contribution in [-0.2, 0) is 6.61 Å². The maximum absolute atomic E-state index is 12.2. The van der Waals surface area contributed by atoms with Gasteiger partial charge < -0.3 is 19.4 Å². The first-order valence-electron chi connectivity index (χ1n) is 10.6. The van der Waals surface area contributed by atoms with Gasteiger partial charge >= 0.3 is 0 Å².